The summed E-state index contributed by atoms with van der Waals surface area (Å²) < 4.78 is 17.5. The summed E-state index contributed by atoms with van der Waals surface area (Å²) in [7, 11) is 1.61. The number of benzene rings is 2. The molecule has 0 amide bonds. The van der Waals surface area contributed by atoms with Crippen molar-refractivity contribution in [3.05, 3.63) is 48.0 Å². The maximum atomic E-state index is 12.0. The van der Waals surface area contributed by atoms with E-state index in [1.54, 1.807) is 24.7 Å². The summed E-state index contributed by atoms with van der Waals surface area (Å²) in [4.78, 5) is 14.4. The molecule has 1 aromatic heterocycles. The number of ether oxygens (including phenoxy) is 2. The SMILES string of the molecule is CCC(=O)c1ccc(OCCCC(C)C2CNCCN2c2nsc3ccccc23)c(OC)c1. The van der Waals surface area contributed by atoms with Crippen molar-refractivity contribution in [2.75, 3.05) is 38.3 Å². The molecule has 1 aliphatic heterocycles. The summed E-state index contributed by atoms with van der Waals surface area (Å²) in [6.45, 7) is 7.72. The van der Waals surface area contributed by atoms with Gasteiger partial charge >= 0.3 is 0 Å². The fourth-order valence-corrected chi connectivity index (χ4v) is 5.31. The van der Waals surface area contributed by atoms with E-state index in [0.717, 1.165) is 38.3 Å². The second-order valence-electron chi connectivity index (χ2n) is 8.58. The van der Waals surface area contributed by atoms with E-state index < -0.39 is 0 Å². The Balaban J connectivity index is 1.35. The van der Waals surface area contributed by atoms with E-state index in [4.69, 9.17) is 13.8 Å². The first kappa shape index (κ1) is 23.5. The van der Waals surface area contributed by atoms with Crippen molar-refractivity contribution in [3.8, 4) is 11.5 Å². The van der Waals surface area contributed by atoms with Gasteiger partial charge in [0.25, 0.3) is 0 Å². The van der Waals surface area contributed by atoms with E-state index in [1.165, 1.54) is 10.1 Å². The van der Waals surface area contributed by atoms with E-state index in [-0.39, 0.29) is 5.78 Å². The molecule has 4 rings (SSSR count). The van der Waals surface area contributed by atoms with Crippen LogP contribution in [0.15, 0.2) is 42.5 Å². The van der Waals surface area contributed by atoms with Crippen LogP contribution in [0, 0.1) is 5.92 Å². The summed E-state index contributed by atoms with van der Waals surface area (Å²) in [5.41, 5.74) is 0.662. The average Bonchev–Trinajstić information content (AvgIpc) is 3.30. The number of anilines is 1. The van der Waals surface area contributed by atoms with Crippen molar-refractivity contribution < 1.29 is 14.3 Å². The van der Waals surface area contributed by atoms with E-state index in [0.29, 0.717) is 42.0 Å². The molecule has 3 aromatic rings. The van der Waals surface area contributed by atoms with Crippen molar-refractivity contribution >= 4 is 33.2 Å². The third kappa shape index (κ3) is 5.31. The molecule has 0 saturated carbocycles. The molecule has 0 radical (unpaired) electrons. The fraction of sp³-hybridized carbons (Fsp3) is 0.462. The number of carbonyl (C=O) groups is 1. The first-order valence-corrected chi connectivity index (χ1v) is 12.6. The molecule has 0 bridgehead atoms. The van der Waals surface area contributed by atoms with Gasteiger partial charge in [-0.05, 0) is 60.6 Å². The molecule has 1 fully saturated rings. The molecule has 2 heterocycles. The number of rotatable bonds is 10. The summed E-state index contributed by atoms with van der Waals surface area (Å²) in [6.07, 6.45) is 2.48. The highest BCUT2D eigenvalue weighted by Gasteiger charge is 2.29. The van der Waals surface area contributed by atoms with E-state index in [1.807, 2.05) is 19.1 Å². The quantitative estimate of drug-likeness (QED) is 0.328. The lowest BCUT2D eigenvalue weighted by Crippen LogP contribution is -2.54. The molecule has 1 N–H and O–H groups in total. The number of nitrogens with zero attached hydrogens (tertiary/aromatic N) is 2. The smallest absolute Gasteiger partial charge is 0.162 e. The predicted molar refractivity (Wildman–Crippen MR) is 135 cm³/mol. The molecule has 1 saturated heterocycles. The van der Waals surface area contributed by atoms with Gasteiger partial charge in [-0.25, -0.2) is 0 Å². The molecular weight excluding hydrogens is 434 g/mol. The molecule has 7 heteroatoms. The van der Waals surface area contributed by atoms with E-state index in [2.05, 4.69) is 41.4 Å². The van der Waals surface area contributed by atoms with Crippen LogP contribution in [0.25, 0.3) is 10.1 Å². The highest BCUT2D eigenvalue weighted by atomic mass is 32.1. The van der Waals surface area contributed by atoms with Gasteiger partial charge in [0.1, 0.15) is 0 Å². The Hall–Kier alpha value is -2.64. The van der Waals surface area contributed by atoms with Gasteiger partial charge in [0, 0.05) is 43.0 Å². The Morgan fingerprint density at radius 2 is 2.12 bits per heavy atom. The van der Waals surface area contributed by atoms with E-state index >= 15 is 0 Å². The lowest BCUT2D eigenvalue weighted by molar-refractivity contribution is 0.0987. The van der Waals surface area contributed by atoms with Crippen LogP contribution in [0.2, 0.25) is 0 Å². The standard InChI is InChI=1S/C26H33N3O3S/c1-4-22(30)19-11-12-23(24(16-19)31-3)32-15-7-8-18(2)21-17-27-13-14-29(21)26-20-9-5-6-10-25(20)33-28-26/h5-6,9-12,16,18,21,27H,4,7-8,13-15,17H2,1-3H3. The summed E-state index contributed by atoms with van der Waals surface area (Å²) in [5.74, 6) is 3.02. The van der Waals surface area contributed by atoms with E-state index in [9.17, 15) is 4.79 Å². The molecule has 2 atom stereocenters. The summed E-state index contributed by atoms with van der Waals surface area (Å²) in [5, 5.41) is 4.82. The maximum Gasteiger partial charge on any atom is 0.162 e. The number of fused-ring (bicyclic) bond motifs is 1. The Labute approximate surface area is 200 Å². The number of Topliss-reactive ketones (excluding diaryl/α,β-unsaturated/α-hetero) is 1. The van der Waals surface area contributed by atoms with Crippen LogP contribution in [0.5, 0.6) is 11.5 Å². The number of hydrogen-bond donors (Lipinski definition) is 1. The van der Waals surface area contributed by atoms with Crippen molar-refractivity contribution in [1.29, 1.82) is 0 Å². The highest BCUT2D eigenvalue weighted by Crippen LogP contribution is 2.33. The van der Waals surface area contributed by atoms with Crippen LogP contribution in [-0.2, 0) is 0 Å². The number of ketones is 1. The molecule has 1 aliphatic rings. The van der Waals surface area contributed by atoms with Gasteiger partial charge < -0.3 is 19.7 Å². The molecular formula is C26H33N3O3S. The van der Waals surface area contributed by atoms with Crippen LogP contribution in [0.3, 0.4) is 0 Å². The molecule has 0 spiro atoms. The molecule has 6 nitrogen and oxygen atoms in total. The van der Waals surface area contributed by atoms with Gasteiger partial charge in [-0.3, -0.25) is 4.79 Å². The molecule has 33 heavy (non-hydrogen) atoms. The fourth-order valence-electron chi connectivity index (χ4n) is 4.52. The van der Waals surface area contributed by atoms with Crippen LogP contribution < -0.4 is 19.7 Å². The average molecular weight is 468 g/mol. The van der Waals surface area contributed by atoms with Gasteiger partial charge in [-0.2, -0.15) is 4.37 Å². The summed E-state index contributed by atoms with van der Waals surface area (Å²) in [6, 6.07) is 14.3. The third-order valence-electron chi connectivity index (χ3n) is 6.44. The zero-order valence-corrected chi connectivity index (χ0v) is 20.5. The van der Waals surface area contributed by atoms with Crippen LogP contribution >= 0.6 is 11.5 Å². The van der Waals surface area contributed by atoms with Crippen molar-refractivity contribution in [1.82, 2.24) is 9.69 Å². The Kier molecular flexibility index (Phi) is 7.83. The normalized spacial score (nSPS) is 17.2. The Bertz CT molecular complexity index is 1080. The van der Waals surface area contributed by atoms with Crippen LogP contribution in [-0.4, -0.2) is 49.5 Å². The topological polar surface area (TPSA) is 63.7 Å². The third-order valence-corrected chi connectivity index (χ3v) is 7.26. The molecule has 2 aromatic carbocycles. The highest BCUT2D eigenvalue weighted by molar-refractivity contribution is 7.13. The van der Waals surface area contributed by atoms with Crippen molar-refractivity contribution in [2.24, 2.45) is 5.92 Å². The van der Waals surface area contributed by atoms with Crippen molar-refractivity contribution in [3.63, 3.8) is 0 Å². The predicted octanol–water partition coefficient (Wildman–Crippen LogP) is 5.17. The van der Waals surface area contributed by atoms with Crippen LogP contribution in [0.4, 0.5) is 5.82 Å². The maximum absolute atomic E-state index is 12.0. The number of carbonyl (C=O) groups excluding carboxylic acids is 1. The van der Waals surface area contributed by atoms with Gasteiger partial charge in [0.05, 0.1) is 18.4 Å². The monoisotopic (exact) mass is 467 g/mol. The molecule has 176 valence electrons. The molecule has 0 aliphatic carbocycles. The van der Waals surface area contributed by atoms with Crippen LogP contribution in [0.1, 0.15) is 43.5 Å². The lowest BCUT2D eigenvalue weighted by atomic mass is 9.93. The largest absolute Gasteiger partial charge is 0.493 e. The second kappa shape index (κ2) is 11.0. The minimum absolute atomic E-state index is 0.104. The number of nitrogens with one attached hydrogen (secondary N) is 1. The Morgan fingerprint density at radius 1 is 1.27 bits per heavy atom. The Morgan fingerprint density at radius 3 is 2.94 bits per heavy atom. The summed E-state index contributed by atoms with van der Waals surface area (Å²) >= 11 is 1.58. The van der Waals surface area contributed by atoms with Gasteiger partial charge in [0.15, 0.2) is 23.1 Å². The second-order valence-corrected chi connectivity index (χ2v) is 9.38. The number of piperazine rings is 1. The van der Waals surface area contributed by atoms with Gasteiger partial charge in [-0.15, -0.1) is 0 Å². The zero-order chi connectivity index (χ0) is 23.2. The van der Waals surface area contributed by atoms with Gasteiger partial charge in [-0.1, -0.05) is 26.0 Å². The number of methoxy groups -OCH3 is 1. The minimum atomic E-state index is 0.104. The first-order valence-electron chi connectivity index (χ1n) is 11.8. The zero-order valence-electron chi connectivity index (χ0n) is 19.7. The van der Waals surface area contributed by atoms with Crippen molar-refractivity contribution in [2.45, 2.75) is 39.2 Å². The lowest BCUT2D eigenvalue weighted by Gasteiger charge is -2.40. The van der Waals surface area contributed by atoms with Gasteiger partial charge in [0.2, 0.25) is 0 Å². The first-order chi connectivity index (χ1) is 16.1. The molecule has 2 unspecified atom stereocenters. The number of aromatic nitrogens is 1. The number of hydrogen-bond acceptors (Lipinski definition) is 7. The minimum Gasteiger partial charge on any atom is -0.493 e.